The van der Waals surface area contributed by atoms with E-state index in [0.717, 1.165) is 36.1 Å². The average molecular weight is 520 g/mol. The van der Waals surface area contributed by atoms with Crippen molar-refractivity contribution in [1.82, 2.24) is 15.5 Å². The molecule has 1 aliphatic heterocycles. The van der Waals surface area contributed by atoms with Crippen molar-refractivity contribution < 1.29 is 19.1 Å². The molecule has 1 heterocycles. The van der Waals surface area contributed by atoms with Crippen molar-refractivity contribution in [2.24, 2.45) is 11.8 Å². The van der Waals surface area contributed by atoms with E-state index in [1.807, 2.05) is 86.3 Å². The highest BCUT2D eigenvalue weighted by Crippen LogP contribution is 2.25. The Kier molecular flexibility index (Phi) is 10.9. The number of rotatable bonds is 11. The first-order valence-electron chi connectivity index (χ1n) is 13.6. The quantitative estimate of drug-likeness (QED) is 0.399. The third-order valence-electron chi connectivity index (χ3n) is 6.78. The van der Waals surface area contributed by atoms with Crippen LogP contribution in [0.5, 0.6) is 11.5 Å². The predicted molar refractivity (Wildman–Crippen MR) is 150 cm³/mol. The first kappa shape index (κ1) is 29.0. The van der Waals surface area contributed by atoms with Gasteiger partial charge in [0.05, 0.1) is 11.8 Å². The van der Waals surface area contributed by atoms with Gasteiger partial charge in [0.2, 0.25) is 17.7 Å². The van der Waals surface area contributed by atoms with E-state index in [2.05, 4.69) is 10.6 Å². The maximum Gasteiger partial charge on any atom is 0.245 e. The molecule has 3 atom stereocenters. The van der Waals surface area contributed by atoms with Crippen molar-refractivity contribution in [1.29, 1.82) is 0 Å². The lowest BCUT2D eigenvalue weighted by atomic mass is 9.85. The van der Waals surface area contributed by atoms with Crippen LogP contribution in [-0.4, -0.2) is 42.3 Å². The molecule has 204 valence electrons. The Hall–Kier alpha value is -3.61. The fourth-order valence-corrected chi connectivity index (χ4v) is 4.92. The summed E-state index contributed by atoms with van der Waals surface area (Å²) in [5.74, 6) is -0.167. The Balaban J connectivity index is 1.74. The third kappa shape index (κ3) is 8.20. The van der Waals surface area contributed by atoms with E-state index in [1.165, 1.54) is 0 Å². The number of hydrogen-bond acceptors (Lipinski definition) is 4. The van der Waals surface area contributed by atoms with Gasteiger partial charge < -0.3 is 20.3 Å². The van der Waals surface area contributed by atoms with Crippen molar-refractivity contribution in [2.45, 2.75) is 65.5 Å². The molecule has 7 nitrogen and oxygen atoms in total. The van der Waals surface area contributed by atoms with Crippen molar-refractivity contribution in [2.75, 3.05) is 13.6 Å². The molecule has 38 heavy (non-hydrogen) atoms. The number of hydrogen-bond donors (Lipinski definition) is 2. The Labute approximate surface area is 226 Å². The monoisotopic (exact) mass is 519 g/mol. The number of likely N-dealkylation sites (tertiary alicyclic amines) is 1. The van der Waals surface area contributed by atoms with Gasteiger partial charge in [0.15, 0.2) is 0 Å². The molecule has 3 amide bonds. The second-order valence-electron chi connectivity index (χ2n) is 10.2. The Morgan fingerprint density at radius 3 is 2.47 bits per heavy atom. The highest BCUT2D eigenvalue weighted by molar-refractivity contribution is 5.92. The number of amides is 3. The lowest BCUT2D eigenvalue weighted by Crippen LogP contribution is -2.50. The number of para-hydroxylation sites is 1. The Morgan fingerprint density at radius 2 is 1.79 bits per heavy atom. The molecule has 2 aromatic rings. The number of benzene rings is 2. The SMILES string of the molecule is CCCC(C(=O)NC)C(C=C(C)C)C(=O)N[C@H]1CCCCN(Cc2cccc(Oc3ccccc3)c2)C1=O. The van der Waals surface area contributed by atoms with E-state index in [1.54, 1.807) is 7.05 Å². The van der Waals surface area contributed by atoms with Crippen LogP contribution < -0.4 is 15.4 Å². The van der Waals surface area contributed by atoms with Crippen LogP contribution in [-0.2, 0) is 20.9 Å². The molecule has 1 aliphatic rings. The number of carbonyl (C=O) groups is 3. The van der Waals surface area contributed by atoms with Gasteiger partial charge in [-0.2, -0.15) is 0 Å². The minimum atomic E-state index is -0.629. The molecule has 0 bridgehead atoms. The molecule has 0 spiro atoms. The maximum atomic E-state index is 13.6. The van der Waals surface area contributed by atoms with E-state index in [-0.39, 0.29) is 17.7 Å². The van der Waals surface area contributed by atoms with Gasteiger partial charge in [0.25, 0.3) is 0 Å². The number of nitrogens with one attached hydrogen (secondary N) is 2. The summed E-state index contributed by atoms with van der Waals surface area (Å²) in [4.78, 5) is 41.5. The molecule has 2 aromatic carbocycles. The lowest BCUT2D eigenvalue weighted by molar-refractivity contribution is -0.138. The average Bonchev–Trinajstić information content (AvgIpc) is 3.07. The summed E-state index contributed by atoms with van der Waals surface area (Å²) in [6.45, 7) is 6.90. The largest absolute Gasteiger partial charge is 0.457 e. The van der Waals surface area contributed by atoms with Gasteiger partial charge in [-0.1, -0.05) is 55.3 Å². The molecule has 0 aromatic heterocycles. The van der Waals surface area contributed by atoms with Crippen molar-refractivity contribution >= 4 is 17.7 Å². The van der Waals surface area contributed by atoms with Gasteiger partial charge in [-0.05, 0) is 69.4 Å². The summed E-state index contributed by atoms with van der Waals surface area (Å²) in [5.41, 5.74) is 1.92. The molecule has 3 rings (SSSR count). The molecular weight excluding hydrogens is 478 g/mol. The third-order valence-corrected chi connectivity index (χ3v) is 6.78. The lowest BCUT2D eigenvalue weighted by Gasteiger charge is -2.28. The fraction of sp³-hybridized carbons (Fsp3) is 0.452. The zero-order valence-electron chi connectivity index (χ0n) is 23.0. The summed E-state index contributed by atoms with van der Waals surface area (Å²) in [7, 11) is 1.59. The first-order chi connectivity index (χ1) is 18.3. The van der Waals surface area contributed by atoms with Crippen molar-refractivity contribution in [3.8, 4) is 11.5 Å². The normalized spacial score (nSPS) is 17.1. The Bertz CT molecular complexity index is 1110. The minimum Gasteiger partial charge on any atom is -0.457 e. The molecule has 0 saturated carbocycles. The molecule has 2 unspecified atom stereocenters. The van der Waals surface area contributed by atoms with Crippen molar-refractivity contribution in [3.05, 3.63) is 71.8 Å². The highest BCUT2D eigenvalue weighted by atomic mass is 16.5. The summed E-state index contributed by atoms with van der Waals surface area (Å²) >= 11 is 0. The van der Waals surface area contributed by atoms with Crippen LogP contribution in [0.2, 0.25) is 0 Å². The van der Waals surface area contributed by atoms with Crippen LogP contribution >= 0.6 is 0 Å². The van der Waals surface area contributed by atoms with Gasteiger partial charge in [-0.3, -0.25) is 14.4 Å². The molecule has 2 N–H and O–H groups in total. The predicted octanol–water partition coefficient (Wildman–Crippen LogP) is 5.22. The molecular formula is C31H41N3O4. The van der Waals surface area contributed by atoms with Gasteiger partial charge in [0.1, 0.15) is 17.5 Å². The number of ether oxygens (including phenoxy) is 1. The highest BCUT2D eigenvalue weighted by Gasteiger charge is 2.35. The van der Waals surface area contributed by atoms with Gasteiger partial charge in [0, 0.05) is 20.1 Å². The smallest absolute Gasteiger partial charge is 0.245 e. The number of nitrogens with zero attached hydrogens (tertiary/aromatic N) is 1. The summed E-state index contributed by atoms with van der Waals surface area (Å²) in [6.07, 6.45) is 5.51. The van der Waals surface area contributed by atoms with Gasteiger partial charge in [-0.25, -0.2) is 0 Å². The Morgan fingerprint density at radius 1 is 1.05 bits per heavy atom. The zero-order valence-corrected chi connectivity index (χ0v) is 23.0. The standard InChI is InChI=1S/C31H41N3O4/c1-5-12-26(29(35)32-4)27(19-22(2)3)30(36)33-28-17-9-10-18-34(31(28)37)21-23-13-11-16-25(20-23)38-24-14-7-6-8-15-24/h6-8,11,13-16,19-20,26-28H,5,9-10,12,17-18,21H2,1-4H3,(H,32,35)(H,33,36)/t26?,27?,28-/m0/s1. The van der Waals surface area contributed by atoms with Gasteiger partial charge >= 0.3 is 0 Å². The maximum absolute atomic E-state index is 13.6. The molecule has 1 saturated heterocycles. The first-order valence-corrected chi connectivity index (χ1v) is 13.6. The van der Waals surface area contributed by atoms with Crippen LogP contribution in [0.3, 0.4) is 0 Å². The summed E-state index contributed by atoms with van der Waals surface area (Å²) in [5, 5.41) is 5.71. The van der Waals surface area contributed by atoms with Crippen LogP contribution in [0, 0.1) is 11.8 Å². The fourth-order valence-electron chi connectivity index (χ4n) is 4.92. The van der Waals surface area contributed by atoms with Crippen LogP contribution in [0.1, 0.15) is 58.4 Å². The van der Waals surface area contributed by atoms with Crippen LogP contribution in [0.25, 0.3) is 0 Å². The minimum absolute atomic E-state index is 0.0897. The molecule has 1 fully saturated rings. The molecule has 0 aliphatic carbocycles. The second kappa shape index (κ2) is 14.4. The molecule has 7 heteroatoms. The molecule has 0 radical (unpaired) electrons. The van der Waals surface area contributed by atoms with E-state index in [4.69, 9.17) is 4.74 Å². The van der Waals surface area contributed by atoms with E-state index in [0.29, 0.717) is 31.7 Å². The summed E-state index contributed by atoms with van der Waals surface area (Å²) < 4.78 is 5.96. The number of carbonyl (C=O) groups excluding carboxylic acids is 3. The second-order valence-corrected chi connectivity index (χ2v) is 10.2. The van der Waals surface area contributed by atoms with Gasteiger partial charge in [-0.15, -0.1) is 0 Å². The van der Waals surface area contributed by atoms with E-state index < -0.39 is 17.9 Å². The van der Waals surface area contributed by atoms with Crippen LogP contribution in [0.15, 0.2) is 66.2 Å². The van der Waals surface area contributed by atoms with Crippen LogP contribution in [0.4, 0.5) is 0 Å². The number of allylic oxidation sites excluding steroid dienone is 1. The van der Waals surface area contributed by atoms with E-state index >= 15 is 0 Å². The van der Waals surface area contributed by atoms with Crippen molar-refractivity contribution in [3.63, 3.8) is 0 Å². The van der Waals surface area contributed by atoms with E-state index in [9.17, 15) is 14.4 Å². The zero-order chi connectivity index (χ0) is 27.5. The topological polar surface area (TPSA) is 87.7 Å². The summed E-state index contributed by atoms with van der Waals surface area (Å²) in [6, 6.07) is 16.7.